The molecule has 37 heavy (non-hydrogen) atoms. The van der Waals surface area contributed by atoms with Crippen LogP contribution in [0.1, 0.15) is 43.5 Å². The van der Waals surface area contributed by atoms with Crippen LogP contribution in [0, 0.1) is 6.92 Å². The monoisotopic (exact) mass is 529 g/mol. The van der Waals surface area contributed by atoms with E-state index in [1.165, 1.54) is 36.6 Å². The minimum absolute atomic E-state index is 0.0152. The maximum atomic E-state index is 12.9. The summed E-state index contributed by atoms with van der Waals surface area (Å²) < 4.78 is 51.3. The van der Waals surface area contributed by atoms with Crippen molar-refractivity contribution in [2.75, 3.05) is 7.11 Å². The number of carbonyl (C=O) groups excluding carboxylic acids is 2. The number of hydrogen-bond donors (Lipinski definition) is 1. The highest BCUT2D eigenvalue weighted by atomic mass is 32.1. The van der Waals surface area contributed by atoms with E-state index in [1.807, 2.05) is 12.3 Å². The first-order valence-corrected chi connectivity index (χ1v) is 11.9. The Kier molecular flexibility index (Phi) is 7.63. The Morgan fingerprint density at radius 3 is 2.65 bits per heavy atom. The Hall–Kier alpha value is -4.12. The minimum atomic E-state index is -4.46. The lowest BCUT2D eigenvalue weighted by molar-refractivity contribution is -0.137. The van der Waals surface area contributed by atoms with Gasteiger partial charge in [0.15, 0.2) is 10.6 Å². The number of furan rings is 1. The number of aryl methyl sites for hydroxylation is 1. The van der Waals surface area contributed by atoms with E-state index in [2.05, 4.69) is 10.3 Å². The van der Waals surface area contributed by atoms with Crippen molar-refractivity contribution in [3.63, 3.8) is 0 Å². The van der Waals surface area contributed by atoms with Crippen molar-refractivity contribution in [2.24, 2.45) is 4.99 Å². The molecule has 0 unspecified atom stereocenters. The summed E-state index contributed by atoms with van der Waals surface area (Å²) in [6.45, 7) is 1.99. The number of amides is 2. The second-order valence-electron chi connectivity index (χ2n) is 8.04. The SMILES string of the molecule is COc1cccc(C(=O)N=c2scc(C)n2Cc2ccc(C(=O)NCc3cccc(C(F)(F)F)c3)o2)c1. The summed E-state index contributed by atoms with van der Waals surface area (Å²) in [5.41, 5.74) is 0.754. The molecule has 4 rings (SSSR count). The van der Waals surface area contributed by atoms with Gasteiger partial charge in [-0.05, 0) is 55.0 Å². The van der Waals surface area contributed by atoms with Crippen molar-refractivity contribution in [1.29, 1.82) is 0 Å². The molecule has 11 heteroatoms. The smallest absolute Gasteiger partial charge is 0.416 e. The van der Waals surface area contributed by atoms with Crippen molar-refractivity contribution >= 4 is 23.2 Å². The van der Waals surface area contributed by atoms with Gasteiger partial charge >= 0.3 is 6.18 Å². The summed E-state index contributed by atoms with van der Waals surface area (Å²) in [5.74, 6) is 0.0190. The van der Waals surface area contributed by atoms with Gasteiger partial charge in [0.1, 0.15) is 11.5 Å². The molecule has 0 saturated carbocycles. The molecule has 0 spiro atoms. The molecule has 0 radical (unpaired) electrons. The van der Waals surface area contributed by atoms with E-state index in [9.17, 15) is 22.8 Å². The first-order chi connectivity index (χ1) is 17.6. The summed E-state index contributed by atoms with van der Waals surface area (Å²) in [6, 6.07) is 14.5. The van der Waals surface area contributed by atoms with Crippen LogP contribution in [-0.2, 0) is 19.3 Å². The van der Waals surface area contributed by atoms with Crippen LogP contribution in [0.2, 0.25) is 0 Å². The molecule has 4 aromatic rings. The van der Waals surface area contributed by atoms with Gasteiger partial charge in [0, 0.05) is 23.2 Å². The van der Waals surface area contributed by atoms with Crippen LogP contribution in [0.3, 0.4) is 0 Å². The van der Waals surface area contributed by atoms with Crippen LogP contribution in [-0.4, -0.2) is 23.5 Å². The molecule has 192 valence electrons. The number of benzene rings is 2. The molecular formula is C26H22F3N3O4S. The normalized spacial score (nSPS) is 12.0. The van der Waals surface area contributed by atoms with Crippen molar-refractivity contribution in [2.45, 2.75) is 26.2 Å². The van der Waals surface area contributed by atoms with Crippen LogP contribution in [0.15, 0.2) is 75.5 Å². The van der Waals surface area contributed by atoms with Gasteiger partial charge in [0.2, 0.25) is 0 Å². The van der Waals surface area contributed by atoms with Gasteiger partial charge in [-0.15, -0.1) is 11.3 Å². The Morgan fingerprint density at radius 1 is 1.11 bits per heavy atom. The molecule has 2 amide bonds. The zero-order chi connectivity index (χ0) is 26.6. The van der Waals surface area contributed by atoms with Crippen LogP contribution < -0.4 is 14.9 Å². The number of aromatic nitrogens is 1. The molecule has 1 N–H and O–H groups in total. The Balaban J connectivity index is 1.45. The van der Waals surface area contributed by atoms with E-state index < -0.39 is 23.6 Å². The van der Waals surface area contributed by atoms with Crippen molar-refractivity contribution < 1.29 is 31.9 Å². The van der Waals surface area contributed by atoms with Crippen molar-refractivity contribution in [3.05, 3.63) is 105 Å². The number of alkyl halides is 3. The van der Waals surface area contributed by atoms with Crippen molar-refractivity contribution in [3.8, 4) is 5.75 Å². The quantitative estimate of drug-likeness (QED) is 0.357. The first kappa shape index (κ1) is 26.0. The number of halogens is 3. The third kappa shape index (κ3) is 6.36. The third-order valence-corrected chi connectivity index (χ3v) is 6.39. The largest absolute Gasteiger partial charge is 0.497 e. The molecule has 7 nitrogen and oxygen atoms in total. The van der Waals surface area contributed by atoms with Gasteiger partial charge in [0.25, 0.3) is 11.8 Å². The molecule has 0 aliphatic carbocycles. The molecule has 2 aromatic carbocycles. The highest BCUT2D eigenvalue weighted by Gasteiger charge is 2.30. The average molecular weight is 530 g/mol. The van der Waals surface area contributed by atoms with E-state index in [-0.39, 0.29) is 18.8 Å². The second kappa shape index (κ2) is 10.9. The topological polar surface area (TPSA) is 85.8 Å². The lowest BCUT2D eigenvalue weighted by atomic mass is 10.1. The molecule has 0 bridgehead atoms. The Morgan fingerprint density at radius 2 is 1.89 bits per heavy atom. The maximum absolute atomic E-state index is 12.9. The number of ether oxygens (including phenoxy) is 1. The fraction of sp³-hybridized carbons (Fsp3) is 0.192. The van der Waals surface area contributed by atoms with E-state index in [0.717, 1.165) is 17.8 Å². The van der Waals surface area contributed by atoms with E-state index in [1.54, 1.807) is 34.9 Å². The molecule has 0 atom stereocenters. The number of carbonyl (C=O) groups is 2. The fourth-order valence-electron chi connectivity index (χ4n) is 3.47. The molecule has 2 heterocycles. The van der Waals surface area contributed by atoms with Gasteiger partial charge in [-0.3, -0.25) is 9.59 Å². The molecule has 0 saturated heterocycles. The van der Waals surface area contributed by atoms with E-state index >= 15 is 0 Å². The number of nitrogens with one attached hydrogen (secondary N) is 1. The van der Waals surface area contributed by atoms with Crippen LogP contribution >= 0.6 is 11.3 Å². The zero-order valence-electron chi connectivity index (χ0n) is 19.8. The standard InChI is InChI=1S/C26H22F3N3O4S/c1-16-15-37-25(31-23(33)18-6-4-8-20(12-18)35-2)32(16)14-21-9-10-22(36-21)24(34)30-13-17-5-3-7-19(11-17)26(27,28)29/h3-12,15H,13-14H2,1-2H3,(H,30,34). The van der Waals surface area contributed by atoms with Crippen molar-refractivity contribution in [1.82, 2.24) is 9.88 Å². The number of methoxy groups -OCH3 is 1. The highest BCUT2D eigenvalue weighted by molar-refractivity contribution is 7.07. The number of rotatable bonds is 7. The summed E-state index contributed by atoms with van der Waals surface area (Å²) in [4.78, 5) is 29.9. The summed E-state index contributed by atoms with van der Waals surface area (Å²) >= 11 is 1.29. The van der Waals surface area contributed by atoms with Crippen LogP contribution in [0.25, 0.3) is 0 Å². The Bertz CT molecular complexity index is 1500. The average Bonchev–Trinajstić information content (AvgIpc) is 3.49. The fourth-order valence-corrected chi connectivity index (χ4v) is 4.35. The number of hydrogen-bond acceptors (Lipinski definition) is 5. The predicted octanol–water partition coefficient (Wildman–Crippen LogP) is 5.20. The third-order valence-electron chi connectivity index (χ3n) is 5.41. The van der Waals surface area contributed by atoms with Gasteiger partial charge in [-0.25, -0.2) is 0 Å². The summed E-state index contributed by atoms with van der Waals surface area (Å²) in [7, 11) is 1.51. The lowest BCUT2D eigenvalue weighted by Crippen LogP contribution is -2.22. The molecule has 0 fully saturated rings. The predicted molar refractivity (Wildman–Crippen MR) is 130 cm³/mol. The summed E-state index contributed by atoms with van der Waals surface area (Å²) in [6.07, 6.45) is -4.46. The number of thiazole rings is 1. The van der Waals surface area contributed by atoms with Crippen LogP contribution in [0.5, 0.6) is 5.75 Å². The molecule has 2 aromatic heterocycles. The van der Waals surface area contributed by atoms with Gasteiger partial charge in [-0.1, -0.05) is 18.2 Å². The summed E-state index contributed by atoms with van der Waals surface area (Å²) in [5, 5.41) is 4.41. The molecule has 0 aliphatic rings. The minimum Gasteiger partial charge on any atom is -0.497 e. The van der Waals surface area contributed by atoms with E-state index in [0.29, 0.717) is 27.4 Å². The molecular weight excluding hydrogens is 507 g/mol. The lowest BCUT2D eigenvalue weighted by Gasteiger charge is -2.09. The maximum Gasteiger partial charge on any atom is 0.416 e. The Labute approximate surface area is 213 Å². The van der Waals surface area contributed by atoms with E-state index in [4.69, 9.17) is 9.15 Å². The zero-order valence-corrected chi connectivity index (χ0v) is 20.7. The van der Waals surface area contributed by atoms with Gasteiger partial charge in [-0.2, -0.15) is 18.2 Å². The van der Waals surface area contributed by atoms with Gasteiger partial charge in [0.05, 0.1) is 19.2 Å². The first-order valence-electron chi connectivity index (χ1n) is 11.0. The molecule has 0 aliphatic heterocycles. The highest BCUT2D eigenvalue weighted by Crippen LogP contribution is 2.29. The second-order valence-corrected chi connectivity index (χ2v) is 8.88. The van der Waals surface area contributed by atoms with Gasteiger partial charge < -0.3 is 19.0 Å². The number of nitrogens with zero attached hydrogens (tertiary/aromatic N) is 2. The van der Waals surface area contributed by atoms with Crippen LogP contribution in [0.4, 0.5) is 13.2 Å².